The van der Waals surface area contributed by atoms with Gasteiger partial charge in [-0.05, 0) is 6.54 Å². The number of halogens is 2. The molecule has 0 saturated carbocycles. The van der Waals surface area contributed by atoms with Crippen LogP contribution in [0.2, 0.25) is 0 Å². The molecule has 1 rings (SSSR count). The molecule has 10 heavy (non-hydrogen) atoms. The van der Waals surface area contributed by atoms with Gasteiger partial charge in [-0.1, -0.05) is 6.92 Å². The SMILES string of the molecule is CCN1CC(F)NC(F)C1. The molecule has 2 atom stereocenters. The van der Waals surface area contributed by atoms with Crippen molar-refractivity contribution in [2.24, 2.45) is 0 Å². The van der Waals surface area contributed by atoms with Crippen molar-refractivity contribution in [3.8, 4) is 0 Å². The van der Waals surface area contributed by atoms with Crippen molar-refractivity contribution in [3.63, 3.8) is 0 Å². The first-order chi connectivity index (χ1) is 4.72. The summed E-state index contributed by atoms with van der Waals surface area (Å²) >= 11 is 0. The molecule has 0 aromatic heterocycles. The van der Waals surface area contributed by atoms with Crippen molar-refractivity contribution in [1.82, 2.24) is 10.2 Å². The van der Waals surface area contributed by atoms with Gasteiger partial charge < -0.3 is 0 Å². The number of nitrogens with zero attached hydrogens (tertiary/aromatic N) is 1. The van der Waals surface area contributed by atoms with Gasteiger partial charge in [0.15, 0.2) is 12.6 Å². The second kappa shape index (κ2) is 3.25. The lowest BCUT2D eigenvalue weighted by Crippen LogP contribution is -2.52. The minimum Gasteiger partial charge on any atom is -0.295 e. The van der Waals surface area contributed by atoms with Crippen molar-refractivity contribution < 1.29 is 8.78 Å². The summed E-state index contributed by atoms with van der Waals surface area (Å²) in [6.07, 6.45) is -2.41. The zero-order chi connectivity index (χ0) is 7.56. The molecule has 2 unspecified atom stereocenters. The quantitative estimate of drug-likeness (QED) is 0.548. The number of hydrogen-bond acceptors (Lipinski definition) is 2. The summed E-state index contributed by atoms with van der Waals surface area (Å²) in [5.41, 5.74) is 0. The molecule has 0 spiro atoms. The lowest BCUT2D eigenvalue weighted by atomic mass is 10.3. The first-order valence-electron chi connectivity index (χ1n) is 3.49. The maximum Gasteiger partial charge on any atom is 0.166 e. The van der Waals surface area contributed by atoms with Crippen molar-refractivity contribution >= 4 is 0 Å². The van der Waals surface area contributed by atoms with E-state index in [1.807, 2.05) is 6.92 Å². The van der Waals surface area contributed by atoms with Crippen LogP contribution in [0.25, 0.3) is 0 Å². The average Bonchev–Trinajstić information content (AvgIpc) is 1.85. The first-order valence-corrected chi connectivity index (χ1v) is 3.49. The summed E-state index contributed by atoms with van der Waals surface area (Å²) < 4.78 is 25.0. The molecule has 1 saturated heterocycles. The predicted molar refractivity (Wildman–Crippen MR) is 35.0 cm³/mol. The lowest BCUT2D eigenvalue weighted by Gasteiger charge is -2.30. The Balaban J connectivity index is 2.35. The van der Waals surface area contributed by atoms with E-state index in [0.29, 0.717) is 19.6 Å². The van der Waals surface area contributed by atoms with Gasteiger partial charge in [0.2, 0.25) is 0 Å². The molecule has 0 radical (unpaired) electrons. The van der Waals surface area contributed by atoms with Crippen molar-refractivity contribution in [1.29, 1.82) is 0 Å². The van der Waals surface area contributed by atoms with E-state index in [2.05, 4.69) is 5.32 Å². The van der Waals surface area contributed by atoms with Crippen LogP contribution in [0.15, 0.2) is 0 Å². The van der Waals surface area contributed by atoms with E-state index in [-0.39, 0.29) is 0 Å². The van der Waals surface area contributed by atoms with E-state index in [0.717, 1.165) is 0 Å². The molecule has 1 aliphatic heterocycles. The fraction of sp³-hybridized carbons (Fsp3) is 1.00. The summed E-state index contributed by atoms with van der Waals surface area (Å²) in [6, 6.07) is 0. The zero-order valence-corrected chi connectivity index (χ0v) is 5.98. The van der Waals surface area contributed by atoms with Gasteiger partial charge in [0.1, 0.15) is 0 Å². The van der Waals surface area contributed by atoms with Crippen LogP contribution in [-0.2, 0) is 0 Å². The van der Waals surface area contributed by atoms with Crippen molar-refractivity contribution in [2.75, 3.05) is 19.6 Å². The Morgan fingerprint density at radius 3 is 2.30 bits per heavy atom. The number of likely N-dealkylation sites (N-methyl/N-ethyl adjacent to an activating group) is 1. The molecule has 2 nitrogen and oxygen atoms in total. The van der Waals surface area contributed by atoms with Crippen molar-refractivity contribution in [2.45, 2.75) is 19.5 Å². The van der Waals surface area contributed by atoms with Gasteiger partial charge in [-0.25, -0.2) is 8.78 Å². The number of hydrogen-bond donors (Lipinski definition) is 1. The van der Waals surface area contributed by atoms with Crippen LogP contribution >= 0.6 is 0 Å². The normalized spacial score (nSPS) is 36.3. The van der Waals surface area contributed by atoms with E-state index in [9.17, 15) is 8.78 Å². The van der Waals surface area contributed by atoms with Gasteiger partial charge in [0, 0.05) is 13.1 Å². The second-order valence-corrected chi connectivity index (χ2v) is 2.45. The van der Waals surface area contributed by atoms with Crippen LogP contribution in [0.4, 0.5) is 8.78 Å². The average molecular weight is 150 g/mol. The number of rotatable bonds is 1. The maximum absolute atomic E-state index is 12.5. The highest BCUT2D eigenvalue weighted by Crippen LogP contribution is 2.04. The fourth-order valence-electron chi connectivity index (χ4n) is 1.09. The zero-order valence-electron chi connectivity index (χ0n) is 5.98. The van der Waals surface area contributed by atoms with Crippen LogP contribution in [0.5, 0.6) is 0 Å². The standard InChI is InChI=1S/C6H12F2N2/c1-2-10-3-5(7)9-6(8)4-10/h5-6,9H,2-4H2,1H3. The van der Waals surface area contributed by atoms with E-state index in [1.54, 1.807) is 4.90 Å². The monoisotopic (exact) mass is 150 g/mol. The topological polar surface area (TPSA) is 15.3 Å². The highest BCUT2D eigenvalue weighted by Gasteiger charge is 2.24. The molecule has 0 aromatic rings. The Hall–Kier alpha value is -0.220. The third kappa shape index (κ3) is 1.88. The highest BCUT2D eigenvalue weighted by molar-refractivity contribution is 4.73. The third-order valence-electron chi connectivity index (χ3n) is 1.65. The molecule has 1 fully saturated rings. The van der Waals surface area contributed by atoms with Crippen LogP contribution in [0, 0.1) is 0 Å². The Labute approximate surface area is 59.2 Å². The van der Waals surface area contributed by atoms with E-state index >= 15 is 0 Å². The summed E-state index contributed by atoms with van der Waals surface area (Å²) in [4.78, 5) is 1.74. The minimum atomic E-state index is -1.20. The maximum atomic E-state index is 12.5. The van der Waals surface area contributed by atoms with Crippen molar-refractivity contribution in [3.05, 3.63) is 0 Å². The third-order valence-corrected chi connectivity index (χ3v) is 1.65. The van der Waals surface area contributed by atoms with Gasteiger partial charge in [-0.15, -0.1) is 0 Å². The predicted octanol–water partition coefficient (Wildman–Crippen LogP) is 0.503. The Kier molecular flexibility index (Phi) is 2.56. The largest absolute Gasteiger partial charge is 0.295 e. The molecule has 0 aromatic carbocycles. The summed E-state index contributed by atoms with van der Waals surface area (Å²) in [5.74, 6) is 0. The lowest BCUT2D eigenvalue weighted by molar-refractivity contribution is 0.0456. The molecular weight excluding hydrogens is 138 g/mol. The Morgan fingerprint density at radius 1 is 1.40 bits per heavy atom. The molecule has 0 aliphatic carbocycles. The number of piperazine rings is 1. The fourth-order valence-corrected chi connectivity index (χ4v) is 1.09. The molecular formula is C6H12F2N2. The van der Waals surface area contributed by atoms with Gasteiger partial charge in [0.25, 0.3) is 0 Å². The van der Waals surface area contributed by atoms with Gasteiger partial charge in [-0.2, -0.15) is 0 Å². The van der Waals surface area contributed by atoms with Gasteiger partial charge >= 0.3 is 0 Å². The number of nitrogens with one attached hydrogen (secondary N) is 1. The Morgan fingerprint density at radius 2 is 1.90 bits per heavy atom. The Bertz CT molecular complexity index is 99.9. The van der Waals surface area contributed by atoms with Crippen LogP contribution in [0.1, 0.15) is 6.92 Å². The minimum absolute atomic E-state index is 0.302. The van der Waals surface area contributed by atoms with Crippen LogP contribution in [0.3, 0.4) is 0 Å². The molecule has 1 heterocycles. The van der Waals surface area contributed by atoms with Gasteiger partial charge in [-0.3, -0.25) is 10.2 Å². The first kappa shape index (κ1) is 7.88. The molecule has 0 bridgehead atoms. The molecule has 1 N–H and O–H groups in total. The number of alkyl halides is 2. The summed E-state index contributed by atoms with van der Waals surface area (Å²) in [5, 5.41) is 2.17. The van der Waals surface area contributed by atoms with Crippen LogP contribution in [-0.4, -0.2) is 37.1 Å². The summed E-state index contributed by atoms with van der Waals surface area (Å²) in [6.45, 7) is 3.21. The molecule has 0 amide bonds. The smallest absolute Gasteiger partial charge is 0.166 e. The highest BCUT2D eigenvalue weighted by atomic mass is 19.2. The summed E-state index contributed by atoms with van der Waals surface area (Å²) in [7, 11) is 0. The second-order valence-electron chi connectivity index (χ2n) is 2.45. The molecule has 1 aliphatic rings. The molecule has 60 valence electrons. The van der Waals surface area contributed by atoms with Crippen LogP contribution < -0.4 is 5.32 Å². The van der Waals surface area contributed by atoms with E-state index < -0.39 is 12.6 Å². The van der Waals surface area contributed by atoms with E-state index in [1.165, 1.54) is 0 Å². The van der Waals surface area contributed by atoms with Gasteiger partial charge in [0.05, 0.1) is 0 Å². The van der Waals surface area contributed by atoms with E-state index in [4.69, 9.17) is 0 Å². The molecule has 4 heteroatoms.